The highest BCUT2D eigenvalue weighted by Gasteiger charge is 2.54. The summed E-state index contributed by atoms with van der Waals surface area (Å²) in [6.07, 6.45) is -1.20. The number of nitrogens with zero attached hydrogens (tertiary/aromatic N) is 4. The van der Waals surface area contributed by atoms with Gasteiger partial charge in [0.15, 0.2) is 0 Å². The summed E-state index contributed by atoms with van der Waals surface area (Å²) < 4.78 is 31.7. The van der Waals surface area contributed by atoms with E-state index >= 15 is 0 Å². The Balaban J connectivity index is 0.000000454. The summed E-state index contributed by atoms with van der Waals surface area (Å²) in [6, 6.07) is 7.90. The van der Waals surface area contributed by atoms with E-state index in [9.17, 15) is 22.8 Å². The lowest BCUT2D eigenvalue weighted by Gasteiger charge is -2.34. The number of aromatic nitrogens is 1. The summed E-state index contributed by atoms with van der Waals surface area (Å²) in [5.41, 5.74) is 0.611. The summed E-state index contributed by atoms with van der Waals surface area (Å²) in [6.45, 7) is 2.77. The molecular weight excluding hydrogens is 497 g/mol. The van der Waals surface area contributed by atoms with E-state index in [1.807, 2.05) is 54.0 Å². The van der Waals surface area contributed by atoms with Gasteiger partial charge in [-0.3, -0.25) is 9.59 Å². The number of thiophene rings is 1. The van der Waals surface area contributed by atoms with Crippen molar-refractivity contribution >= 4 is 34.9 Å². The standard InChI is InChI=1S/C22H28N4O2S.C2HF3O2/c1-24(2)21(28)22-8-5-10-25(20(27)12-17-7-11-29-15-17)13-18(22)14-26(16-22)19-6-3-4-9-23-19;3-2(4,5)1(6)7/h3-4,6-7,9,11,15,18H,5,8,10,12-14,16H2,1-2H3;(H,6,7)/t18-,22-;/m0./s1. The van der Waals surface area contributed by atoms with E-state index in [0.29, 0.717) is 19.5 Å². The molecule has 0 saturated carbocycles. The topological polar surface area (TPSA) is 94.1 Å². The lowest BCUT2D eigenvalue weighted by atomic mass is 9.74. The number of amides is 2. The zero-order chi connectivity index (χ0) is 26.5. The lowest BCUT2D eigenvalue weighted by Crippen LogP contribution is -2.47. The highest BCUT2D eigenvalue weighted by Crippen LogP contribution is 2.45. The third-order valence-electron chi connectivity index (χ3n) is 6.52. The van der Waals surface area contributed by atoms with Crippen LogP contribution >= 0.6 is 11.3 Å². The highest BCUT2D eigenvalue weighted by atomic mass is 32.1. The third kappa shape index (κ3) is 6.34. The van der Waals surface area contributed by atoms with Crippen LogP contribution in [0.3, 0.4) is 0 Å². The van der Waals surface area contributed by atoms with Crippen molar-refractivity contribution < 1.29 is 32.7 Å². The molecule has 2 aliphatic heterocycles. The first kappa shape index (κ1) is 27.4. The number of hydrogen-bond acceptors (Lipinski definition) is 6. The van der Waals surface area contributed by atoms with Crippen LogP contribution in [0.5, 0.6) is 0 Å². The first-order valence-corrected chi connectivity index (χ1v) is 12.3. The maximum Gasteiger partial charge on any atom is 0.490 e. The van der Waals surface area contributed by atoms with Crippen molar-refractivity contribution in [3.05, 3.63) is 46.8 Å². The molecule has 2 fully saturated rings. The van der Waals surface area contributed by atoms with Gasteiger partial charge in [0.1, 0.15) is 5.82 Å². The van der Waals surface area contributed by atoms with Gasteiger partial charge in [0, 0.05) is 52.4 Å². The van der Waals surface area contributed by atoms with Gasteiger partial charge in [0.05, 0.1) is 11.8 Å². The number of likely N-dealkylation sites (tertiary alicyclic amines) is 1. The molecule has 4 rings (SSSR count). The summed E-state index contributed by atoms with van der Waals surface area (Å²) in [7, 11) is 3.67. The zero-order valence-corrected chi connectivity index (χ0v) is 20.9. The second-order valence-electron chi connectivity index (χ2n) is 9.18. The van der Waals surface area contributed by atoms with Crippen LogP contribution in [0.25, 0.3) is 0 Å². The van der Waals surface area contributed by atoms with Gasteiger partial charge < -0.3 is 19.8 Å². The molecule has 0 unspecified atom stereocenters. The van der Waals surface area contributed by atoms with Crippen LogP contribution in [0.1, 0.15) is 18.4 Å². The molecule has 2 amide bonds. The number of carboxylic acids is 1. The van der Waals surface area contributed by atoms with Crippen LogP contribution in [0.15, 0.2) is 41.2 Å². The molecule has 0 radical (unpaired) electrons. The normalized spacial score (nSPS) is 21.6. The van der Waals surface area contributed by atoms with E-state index < -0.39 is 17.6 Å². The Labute approximate surface area is 211 Å². The number of pyridine rings is 1. The maximum absolute atomic E-state index is 13.3. The Kier molecular flexibility index (Phi) is 8.59. The second-order valence-corrected chi connectivity index (χ2v) is 9.96. The van der Waals surface area contributed by atoms with Gasteiger partial charge in [-0.2, -0.15) is 24.5 Å². The maximum atomic E-state index is 13.3. The van der Waals surface area contributed by atoms with Crippen LogP contribution in [0.2, 0.25) is 0 Å². The predicted molar refractivity (Wildman–Crippen MR) is 129 cm³/mol. The van der Waals surface area contributed by atoms with Crippen molar-refractivity contribution in [1.29, 1.82) is 0 Å². The van der Waals surface area contributed by atoms with Crippen LogP contribution < -0.4 is 4.90 Å². The molecule has 2 aromatic rings. The Morgan fingerprint density at radius 1 is 1.22 bits per heavy atom. The fraction of sp³-hybridized carbons (Fsp3) is 0.500. The van der Waals surface area contributed by atoms with Gasteiger partial charge in [-0.15, -0.1) is 0 Å². The number of alkyl halides is 3. The molecule has 0 aliphatic carbocycles. The molecule has 1 N–H and O–H groups in total. The number of anilines is 1. The molecule has 0 aromatic carbocycles. The third-order valence-corrected chi connectivity index (χ3v) is 7.26. The van der Waals surface area contributed by atoms with E-state index in [-0.39, 0.29) is 17.7 Å². The summed E-state index contributed by atoms with van der Waals surface area (Å²) in [4.78, 5) is 45.6. The van der Waals surface area contributed by atoms with Crippen LogP contribution in [-0.4, -0.2) is 84.1 Å². The Morgan fingerprint density at radius 2 is 1.94 bits per heavy atom. The summed E-state index contributed by atoms with van der Waals surface area (Å²) in [5, 5.41) is 11.2. The molecule has 4 heterocycles. The van der Waals surface area contributed by atoms with Gasteiger partial charge >= 0.3 is 12.1 Å². The van der Waals surface area contributed by atoms with E-state index in [1.165, 1.54) is 0 Å². The van der Waals surface area contributed by atoms with Crippen LogP contribution in [0.4, 0.5) is 19.0 Å². The molecule has 36 heavy (non-hydrogen) atoms. The molecule has 12 heteroatoms. The fourth-order valence-electron chi connectivity index (χ4n) is 4.85. The van der Waals surface area contributed by atoms with Crippen molar-refractivity contribution in [2.24, 2.45) is 11.3 Å². The number of rotatable bonds is 4. The average Bonchev–Trinajstić information content (AvgIpc) is 3.43. The van der Waals surface area contributed by atoms with Crippen molar-refractivity contribution in [1.82, 2.24) is 14.8 Å². The number of aliphatic carboxylic acids is 1. The molecule has 8 nitrogen and oxygen atoms in total. The SMILES string of the molecule is CN(C)C(=O)[C@]12CCCN(C(=O)Cc3ccsc3)C[C@H]1CN(c1ccccn1)C2.O=C(O)C(F)(F)F. The van der Waals surface area contributed by atoms with Gasteiger partial charge in [0.25, 0.3) is 0 Å². The first-order chi connectivity index (χ1) is 16.9. The van der Waals surface area contributed by atoms with Crippen molar-refractivity contribution in [3.8, 4) is 0 Å². The molecular formula is C24H29F3N4O4S. The lowest BCUT2D eigenvalue weighted by molar-refractivity contribution is -0.192. The van der Waals surface area contributed by atoms with Crippen molar-refractivity contribution in [2.75, 3.05) is 45.2 Å². The van der Waals surface area contributed by atoms with E-state index in [0.717, 1.165) is 37.3 Å². The van der Waals surface area contributed by atoms with E-state index in [1.54, 1.807) is 22.4 Å². The molecule has 196 valence electrons. The second kappa shape index (κ2) is 11.3. The molecule has 2 aliphatic rings. The molecule has 0 spiro atoms. The van der Waals surface area contributed by atoms with E-state index in [2.05, 4.69) is 9.88 Å². The fourth-order valence-corrected chi connectivity index (χ4v) is 5.52. The van der Waals surface area contributed by atoms with Crippen molar-refractivity contribution in [3.63, 3.8) is 0 Å². The van der Waals surface area contributed by atoms with Gasteiger partial charge in [-0.25, -0.2) is 9.78 Å². The highest BCUT2D eigenvalue weighted by molar-refractivity contribution is 7.08. The minimum atomic E-state index is -5.08. The molecule has 2 atom stereocenters. The van der Waals surface area contributed by atoms with Crippen molar-refractivity contribution in [2.45, 2.75) is 25.4 Å². The number of carbonyl (C=O) groups excluding carboxylic acids is 2. The van der Waals surface area contributed by atoms with Crippen LogP contribution in [-0.2, 0) is 20.8 Å². The molecule has 2 aromatic heterocycles. The quantitative estimate of drug-likeness (QED) is 0.658. The number of hydrogen-bond donors (Lipinski definition) is 1. The number of halogens is 3. The Bertz CT molecular complexity index is 1050. The van der Waals surface area contributed by atoms with Crippen LogP contribution in [0, 0.1) is 11.3 Å². The van der Waals surface area contributed by atoms with Gasteiger partial charge in [-0.1, -0.05) is 6.07 Å². The average molecular weight is 527 g/mol. The number of carboxylic acid groups (broad SMARTS) is 1. The Morgan fingerprint density at radius 3 is 2.50 bits per heavy atom. The minimum absolute atomic E-state index is 0.105. The summed E-state index contributed by atoms with van der Waals surface area (Å²) in [5.74, 6) is -1.41. The largest absolute Gasteiger partial charge is 0.490 e. The minimum Gasteiger partial charge on any atom is -0.475 e. The number of carbonyl (C=O) groups is 3. The smallest absolute Gasteiger partial charge is 0.475 e. The predicted octanol–water partition coefficient (Wildman–Crippen LogP) is 3.15. The van der Waals surface area contributed by atoms with Gasteiger partial charge in [0.2, 0.25) is 11.8 Å². The zero-order valence-electron chi connectivity index (χ0n) is 20.1. The first-order valence-electron chi connectivity index (χ1n) is 11.4. The monoisotopic (exact) mass is 526 g/mol. The summed E-state index contributed by atoms with van der Waals surface area (Å²) >= 11 is 1.62. The number of fused-ring (bicyclic) bond motifs is 1. The Hall–Kier alpha value is -3.15. The molecule has 2 saturated heterocycles. The molecule has 0 bridgehead atoms. The van der Waals surface area contributed by atoms with Gasteiger partial charge in [-0.05, 0) is 47.4 Å². The van der Waals surface area contributed by atoms with E-state index in [4.69, 9.17) is 9.90 Å².